The minimum Gasteiger partial charge on any atom is -0.343 e. The van der Waals surface area contributed by atoms with Crippen LogP contribution >= 0.6 is 23.2 Å². The SMILES string of the molecule is Cn1ncc2c1C(NC(=O)c1ccccc1Cl)CCN2C(=O)c1ccc(S(C)(=O)=O)c(Cl)c1. The molecule has 3 aromatic rings. The summed E-state index contributed by atoms with van der Waals surface area (Å²) >= 11 is 12.3. The van der Waals surface area contributed by atoms with Crippen molar-refractivity contribution >= 4 is 50.5 Å². The molecule has 1 aliphatic heterocycles. The topological polar surface area (TPSA) is 101 Å². The van der Waals surface area contributed by atoms with Gasteiger partial charge in [-0.1, -0.05) is 35.3 Å². The van der Waals surface area contributed by atoms with Gasteiger partial charge in [-0.05, 0) is 36.8 Å². The molecule has 11 heteroatoms. The molecule has 2 aromatic carbocycles. The molecule has 1 unspecified atom stereocenters. The van der Waals surface area contributed by atoms with Crippen LogP contribution < -0.4 is 10.2 Å². The zero-order valence-corrected chi connectivity index (χ0v) is 20.1. The highest BCUT2D eigenvalue weighted by Crippen LogP contribution is 2.35. The second-order valence-electron chi connectivity index (χ2n) is 7.71. The Morgan fingerprint density at radius 3 is 2.52 bits per heavy atom. The minimum atomic E-state index is -3.51. The molecule has 8 nitrogen and oxygen atoms in total. The number of carbonyl (C=O) groups excluding carboxylic acids is 2. The zero-order chi connectivity index (χ0) is 23.9. The molecule has 0 fully saturated rings. The lowest BCUT2D eigenvalue weighted by Gasteiger charge is -2.32. The summed E-state index contributed by atoms with van der Waals surface area (Å²) in [5, 5.41) is 7.59. The van der Waals surface area contributed by atoms with Gasteiger partial charge in [-0.2, -0.15) is 5.10 Å². The van der Waals surface area contributed by atoms with Crippen molar-refractivity contribution in [3.63, 3.8) is 0 Å². The molecule has 0 radical (unpaired) electrons. The lowest BCUT2D eigenvalue weighted by molar-refractivity contribution is 0.0931. The van der Waals surface area contributed by atoms with Gasteiger partial charge in [0.1, 0.15) is 0 Å². The van der Waals surface area contributed by atoms with Gasteiger partial charge in [0, 0.05) is 25.4 Å². The fraction of sp³-hybridized carbons (Fsp3) is 0.227. The number of amides is 2. The highest BCUT2D eigenvalue weighted by atomic mass is 35.5. The van der Waals surface area contributed by atoms with Crippen molar-refractivity contribution < 1.29 is 18.0 Å². The minimum absolute atomic E-state index is 0.0170. The molecular formula is C22H20Cl2N4O4S. The van der Waals surface area contributed by atoms with Crippen LogP contribution in [0.3, 0.4) is 0 Å². The van der Waals surface area contributed by atoms with Crippen molar-refractivity contribution in [1.82, 2.24) is 15.1 Å². The molecule has 0 saturated carbocycles. The number of hydrogen-bond acceptors (Lipinski definition) is 5. The van der Waals surface area contributed by atoms with Crippen molar-refractivity contribution in [3.8, 4) is 0 Å². The Balaban J connectivity index is 1.62. The molecular weight excluding hydrogens is 487 g/mol. The lowest BCUT2D eigenvalue weighted by atomic mass is 10.0. The highest BCUT2D eigenvalue weighted by molar-refractivity contribution is 7.90. The highest BCUT2D eigenvalue weighted by Gasteiger charge is 2.34. The number of sulfone groups is 1. The Labute approximate surface area is 201 Å². The largest absolute Gasteiger partial charge is 0.343 e. The smallest absolute Gasteiger partial charge is 0.258 e. The van der Waals surface area contributed by atoms with Crippen molar-refractivity contribution in [1.29, 1.82) is 0 Å². The standard InChI is InChI=1S/C22H20Cl2N4O4S/c1-27-20-17(26-21(29)14-5-3-4-6-15(14)23)9-10-28(18(20)12-25-27)22(30)13-7-8-19(16(24)11-13)33(2,31)32/h3-8,11-12,17H,9-10H2,1-2H3,(H,26,29). The van der Waals surface area contributed by atoms with Gasteiger partial charge in [-0.15, -0.1) is 0 Å². The predicted octanol–water partition coefficient (Wildman–Crippen LogP) is 3.65. The fourth-order valence-corrected chi connectivity index (χ4v) is 5.44. The van der Waals surface area contributed by atoms with Crippen molar-refractivity contribution in [3.05, 3.63) is 75.5 Å². The molecule has 1 aromatic heterocycles. The second-order valence-corrected chi connectivity index (χ2v) is 10.5. The lowest BCUT2D eigenvalue weighted by Crippen LogP contribution is -2.41. The van der Waals surface area contributed by atoms with E-state index in [0.717, 1.165) is 6.26 Å². The van der Waals surface area contributed by atoms with Crippen molar-refractivity contribution in [2.24, 2.45) is 7.05 Å². The summed E-state index contributed by atoms with van der Waals surface area (Å²) in [4.78, 5) is 27.6. The van der Waals surface area contributed by atoms with Gasteiger partial charge in [0.15, 0.2) is 9.84 Å². The zero-order valence-electron chi connectivity index (χ0n) is 17.7. The summed E-state index contributed by atoms with van der Waals surface area (Å²) in [6, 6.07) is 10.5. The Hall–Kier alpha value is -2.88. The third-order valence-electron chi connectivity index (χ3n) is 5.47. The molecule has 1 atom stereocenters. The number of halogens is 2. The van der Waals surface area contributed by atoms with E-state index in [-0.39, 0.29) is 33.3 Å². The quantitative estimate of drug-likeness (QED) is 0.581. The number of benzene rings is 2. The van der Waals surface area contributed by atoms with Crippen LogP contribution in [0.4, 0.5) is 5.69 Å². The van der Waals surface area contributed by atoms with E-state index in [4.69, 9.17) is 23.2 Å². The number of anilines is 1. The molecule has 1 N–H and O–H groups in total. The molecule has 33 heavy (non-hydrogen) atoms. The Bertz CT molecular complexity index is 1370. The molecule has 2 heterocycles. The summed E-state index contributed by atoms with van der Waals surface area (Å²) in [7, 11) is -1.78. The summed E-state index contributed by atoms with van der Waals surface area (Å²) < 4.78 is 25.3. The number of carbonyl (C=O) groups is 2. The molecule has 1 aliphatic rings. The van der Waals surface area contributed by atoms with E-state index in [1.54, 1.807) is 47.1 Å². The summed E-state index contributed by atoms with van der Waals surface area (Å²) in [6.45, 7) is 0.316. The van der Waals surface area contributed by atoms with Crippen LogP contribution in [0, 0.1) is 0 Å². The van der Waals surface area contributed by atoms with E-state index >= 15 is 0 Å². The van der Waals surface area contributed by atoms with Gasteiger partial charge in [0.05, 0.1) is 44.1 Å². The average molecular weight is 507 g/mol. The maximum atomic E-state index is 13.3. The fourth-order valence-electron chi connectivity index (χ4n) is 3.89. The van der Waals surface area contributed by atoms with Crippen molar-refractivity contribution in [2.75, 3.05) is 17.7 Å². The van der Waals surface area contributed by atoms with Gasteiger partial charge in [-0.3, -0.25) is 14.3 Å². The van der Waals surface area contributed by atoms with Crippen LogP contribution in [0.15, 0.2) is 53.6 Å². The van der Waals surface area contributed by atoms with Crippen LogP contribution in [-0.4, -0.2) is 42.8 Å². The number of aromatic nitrogens is 2. The van der Waals surface area contributed by atoms with E-state index in [1.807, 2.05) is 0 Å². The molecule has 4 rings (SSSR count). The second kappa shape index (κ2) is 8.81. The molecule has 172 valence electrons. The van der Waals surface area contributed by atoms with Gasteiger partial charge >= 0.3 is 0 Å². The third kappa shape index (κ3) is 4.48. The summed E-state index contributed by atoms with van der Waals surface area (Å²) in [6.07, 6.45) is 3.07. The molecule has 2 amide bonds. The number of aryl methyl sites for hydroxylation is 1. The molecule has 0 saturated heterocycles. The number of rotatable bonds is 4. The first-order chi connectivity index (χ1) is 15.6. The van der Waals surface area contributed by atoms with Crippen molar-refractivity contribution in [2.45, 2.75) is 17.4 Å². The normalized spacial score (nSPS) is 15.8. The van der Waals surface area contributed by atoms with E-state index in [9.17, 15) is 18.0 Å². The van der Waals surface area contributed by atoms with Crippen LogP contribution in [0.1, 0.15) is 38.9 Å². The first-order valence-electron chi connectivity index (χ1n) is 9.96. The van der Waals surface area contributed by atoms with Gasteiger partial charge in [0.2, 0.25) is 0 Å². The van der Waals surface area contributed by atoms with E-state index in [0.29, 0.717) is 34.9 Å². The maximum Gasteiger partial charge on any atom is 0.258 e. The van der Waals surface area contributed by atoms with Gasteiger partial charge < -0.3 is 10.2 Å². The Morgan fingerprint density at radius 2 is 1.85 bits per heavy atom. The van der Waals surface area contributed by atoms with Crippen LogP contribution in [0.2, 0.25) is 10.0 Å². The molecule has 0 aliphatic carbocycles. The predicted molar refractivity (Wildman–Crippen MR) is 126 cm³/mol. The number of fused-ring (bicyclic) bond motifs is 1. The van der Waals surface area contributed by atoms with E-state index in [1.165, 1.54) is 18.2 Å². The van der Waals surface area contributed by atoms with Crippen LogP contribution in [0.25, 0.3) is 0 Å². The van der Waals surface area contributed by atoms with Gasteiger partial charge in [0.25, 0.3) is 11.8 Å². The van der Waals surface area contributed by atoms with Gasteiger partial charge in [-0.25, -0.2) is 8.42 Å². The monoisotopic (exact) mass is 506 g/mol. The first-order valence-corrected chi connectivity index (χ1v) is 12.6. The van der Waals surface area contributed by atoms with Crippen LogP contribution in [0.5, 0.6) is 0 Å². The molecule has 0 bridgehead atoms. The number of nitrogens with one attached hydrogen (secondary N) is 1. The van der Waals surface area contributed by atoms with E-state index < -0.39 is 9.84 Å². The Kier molecular flexibility index (Phi) is 6.22. The number of hydrogen-bond donors (Lipinski definition) is 1. The summed E-state index contributed by atoms with van der Waals surface area (Å²) in [5.74, 6) is -0.664. The number of nitrogens with zero attached hydrogens (tertiary/aromatic N) is 3. The molecule has 0 spiro atoms. The van der Waals surface area contributed by atoms with E-state index in [2.05, 4.69) is 10.4 Å². The van der Waals surface area contributed by atoms with Crippen LogP contribution in [-0.2, 0) is 16.9 Å². The maximum absolute atomic E-state index is 13.3. The summed E-state index contributed by atoms with van der Waals surface area (Å²) in [5.41, 5.74) is 1.85. The Morgan fingerprint density at radius 1 is 1.12 bits per heavy atom. The average Bonchev–Trinajstić information content (AvgIpc) is 3.15. The third-order valence-corrected chi connectivity index (χ3v) is 7.38. The first kappa shape index (κ1) is 23.3.